The predicted molar refractivity (Wildman–Crippen MR) is 126 cm³/mol. The van der Waals surface area contributed by atoms with Crippen molar-refractivity contribution in [1.29, 1.82) is 0 Å². The third-order valence-electron chi connectivity index (χ3n) is 6.35. The van der Waals surface area contributed by atoms with Gasteiger partial charge in [-0.1, -0.05) is 65.0 Å². The van der Waals surface area contributed by atoms with E-state index in [0.717, 1.165) is 12.8 Å². The van der Waals surface area contributed by atoms with Crippen LogP contribution in [0.4, 0.5) is 0 Å². The third-order valence-corrected chi connectivity index (χ3v) is 6.35. The average Bonchev–Trinajstić information content (AvgIpc) is 2.72. The van der Waals surface area contributed by atoms with Gasteiger partial charge in [0, 0.05) is 18.5 Å². The molecular formula is C26H38N2O4. The van der Waals surface area contributed by atoms with E-state index in [1.165, 1.54) is 18.1 Å². The van der Waals surface area contributed by atoms with Crippen LogP contribution < -0.4 is 5.32 Å². The second kappa shape index (κ2) is 10.3. The van der Waals surface area contributed by atoms with Gasteiger partial charge in [-0.2, -0.15) is 0 Å². The molecule has 1 aliphatic carbocycles. The van der Waals surface area contributed by atoms with Crippen LogP contribution in [-0.4, -0.2) is 46.9 Å². The normalized spacial score (nSPS) is 18.5. The molecule has 32 heavy (non-hydrogen) atoms. The molecule has 0 saturated carbocycles. The van der Waals surface area contributed by atoms with E-state index in [-0.39, 0.29) is 35.3 Å². The first-order valence-corrected chi connectivity index (χ1v) is 11.4. The largest absolute Gasteiger partial charge is 0.478 e. The number of hydrogen-bond donors (Lipinski definition) is 2. The molecule has 0 fully saturated rings. The lowest BCUT2D eigenvalue weighted by Crippen LogP contribution is -2.57. The Balaban J connectivity index is 2.22. The molecule has 176 valence electrons. The van der Waals surface area contributed by atoms with Crippen LogP contribution in [0.2, 0.25) is 0 Å². The number of nitrogens with zero attached hydrogens (tertiary/aromatic N) is 1. The van der Waals surface area contributed by atoms with Crippen molar-refractivity contribution in [2.24, 2.45) is 17.3 Å². The van der Waals surface area contributed by atoms with E-state index in [4.69, 9.17) is 0 Å². The molecule has 0 aliphatic heterocycles. The first kappa shape index (κ1) is 25.6. The molecule has 2 N–H and O–H groups in total. The quantitative estimate of drug-likeness (QED) is 0.628. The average molecular weight is 443 g/mol. The summed E-state index contributed by atoms with van der Waals surface area (Å²) >= 11 is 0. The number of carboxylic acid groups (broad SMARTS) is 1. The van der Waals surface area contributed by atoms with E-state index in [1.54, 1.807) is 18.0 Å². The summed E-state index contributed by atoms with van der Waals surface area (Å²) < 4.78 is 0. The smallest absolute Gasteiger partial charge is 0.331 e. The molecule has 1 aromatic carbocycles. The molecule has 6 nitrogen and oxygen atoms in total. The van der Waals surface area contributed by atoms with Gasteiger partial charge in [0.15, 0.2) is 0 Å². The second-order valence-corrected chi connectivity index (χ2v) is 10.4. The summed E-state index contributed by atoms with van der Waals surface area (Å²) in [5.74, 6) is -1.46. The van der Waals surface area contributed by atoms with E-state index in [9.17, 15) is 19.5 Å². The van der Waals surface area contributed by atoms with Gasteiger partial charge >= 0.3 is 5.97 Å². The Bertz CT molecular complexity index is 882. The van der Waals surface area contributed by atoms with Crippen molar-refractivity contribution in [3.05, 3.63) is 47.0 Å². The highest BCUT2D eigenvalue weighted by Gasteiger charge is 2.38. The molecule has 0 bridgehead atoms. The van der Waals surface area contributed by atoms with Gasteiger partial charge < -0.3 is 15.3 Å². The molecule has 6 heteroatoms. The third kappa shape index (κ3) is 6.21. The van der Waals surface area contributed by atoms with Crippen molar-refractivity contribution < 1.29 is 19.5 Å². The SMILES string of the molecule is C/C(=C\[C@H](C(C)C)N(C)C(=O)[C@@H](NC(=O)[C@@H]1CCc2ccccc2C1)C(C)(C)C)C(=O)O. The molecule has 0 saturated heterocycles. The molecule has 0 radical (unpaired) electrons. The molecule has 2 amide bonds. The molecule has 1 aromatic rings. The van der Waals surface area contributed by atoms with Gasteiger partial charge in [-0.25, -0.2) is 4.79 Å². The predicted octanol–water partition coefficient (Wildman–Crippen LogP) is 3.84. The van der Waals surface area contributed by atoms with Crippen molar-refractivity contribution in [2.75, 3.05) is 7.05 Å². The standard InChI is InChI=1S/C26H38N2O4/c1-16(2)21(14-17(3)25(31)32)28(7)24(30)22(26(4,5)6)27-23(29)20-13-12-18-10-8-9-11-19(18)15-20/h8-11,14,16,20-22H,12-13,15H2,1-7H3,(H,27,29)(H,31,32)/b17-14+/t20-,21-,22-/m1/s1. The summed E-state index contributed by atoms with van der Waals surface area (Å²) in [6.07, 6.45) is 3.92. The topological polar surface area (TPSA) is 86.7 Å². The number of aliphatic carboxylic acids is 1. The molecule has 1 aliphatic rings. The highest BCUT2D eigenvalue weighted by Crippen LogP contribution is 2.28. The summed E-state index contributed by atoms with van der Waals surface area (Å²) in [5, 5.41) is 12.3. The Hall–Kier alpha value is -2.63. The van der Waals surface area contributed by atoms with Crippen LogP contribution in [0.1, 0.15) is 59.1 Å². The molecule has 0 heterocycles. The van der Waals surface area contributed by atoms with Gasteiger partial charge in [0.1, 0.15) is 6.04 Å². The Morgan fingerprint density at radius 2 is 1.75 bits per heavy atom. The van der Waals surface area contributed by atoms with Crippen molar-refractivity contribution in [3.8, 4) is 0 Å². The van der Waals surface area contributed by atoms with Gasteiger partial charge in [0.25, 0.3) is 0 Å². The van der Waals surface area contributed by atoms with E-state index >= 15 is 0 Å². The number of likely N-dealkylation sites (N-methyl/N-ethyl adjacent to an activating group) is 1. The van der Waals surface area contributed by atoms with E-state index < -0.39 is 17.4 Å². The van der Waals surface area contributed by atoms with Crippen LogP contribution in [0.25, 0.3) is 0 Å². The zero-order chi connectivity index (χ0) is 24.2. The van der Waals surface area contributed by atoms with Crippen molar-refractivity contribution in [1.82, 2.24) is 10.2 Å². The van der Waals surface area contributed by atoms with Crippen LogP contribution in [0.15, 0.2) is 35.9 Å². The van der Waals surface area contributed by atoms with Crippen LogP contribution >= 0.6 is 0 Å². The van der Waals surface area contributed by atoms with Crippen molar-refractivity contribution >= 4 is 17.8 Å². The van der Waals surface area contributed by atoms with E-state index in [0.29, 0.717) is 6.42 Å². The number of carbonyl (C=O) groups is 3. The van der Waals surface area contributed by atoms with Crippen molar-refractivity contribution in [2.45, 2.75) is 72.9 Å². The first-order valence-electron chi connectivity index (χ1n) is 11.4. The molecular weight excluding hydrogens is 404 g/mol. The molecule has 0 aromatic heterocycles. The van der Waals surface area contributed by atoms with Gasteiger partial charge in [0.2, 0.25) is 11.8 Å². The van der Waals surface area contributed by atoms with Crippen LogP contribution in [0.5, 0.6) is 0 Å². The van der Waals surface area contributed by atoms with Gasteiger partial charge in [-0.05, 0) is 48.6 Å². The minimum atomic E-state index is -1.00. The summed E-state index contributed by atoms with van der Waals surface area (Å²) in [6, 6.07) is 7.10. The molecule has 3 atom stereocenters. The maximum atomic E-state index is 13.5. The van der Waals surface area contributed by atoms with E-state index in [1.807, 2.05) is 46.8 Å². The minimum absolute atomic E-state index is 0.0180. The fraction of sp³-hybridized carbons (Fsp3) is 0.577. The summed E-state index contributed by atoms with van der Waals surface area (Å²) in [4.78, 5) is 39.6. The lowest BCUT2D eigenvalue weighted by atomic mass is 9.81. The van der Waals surface area contributed by atoms with Gasteiger partial charge in [0.05, 0.1) is 6.04 Å². The summed E-state index contributed by atoms with van der Waals surface area (Å²) in [7, 11) is 1.68. The van der Waals surface area contributed by atoms with Crippen molar-refractivity contribution in [3.63, 3.8) is 0 Å². The fourth-order valence-electron chi connectivity index (χ4n) is 4.26. The number of benzene rings is 1. The Morgan fingerprint density at radius 3 is 2.28 bits per heavy atom. The van der Waals surface area contributed by atoms with Crippen LogP contribution in [-0.2, 0) is 27.2 Å². The number of amides is 2. The Kier molecular flexibility index (Phi) is 8.27. The number of hydrogen-bond acceptors (Lipinski definition) is 3. The Labute approximate surface area is 192 Å². The maximum Gasteiger partial charge on any atom is 0.331 e. The lowest BCUT2D eigenvalue weighted by Gasteiger charge is -2.38. The first-order chi connectivity index (χ1) is 14.8. The molecule has 0 spiro atoms. The number of aryl methyl sites for hydroxylation is 1. The zero-order valence-electron chi connectivity index (χ0n) is 20.4. The summed E-state index contributed by atoms with van der Waals surface area (Å²) in [5.41, 5.74) is 2.19. The maximum absolute atomic E-state index is 13.5. The monoisotopic (exact) mass is 442 g/mol. The van der Waals surface area contributed by atoms with Gasteiger partial charge in [-0.3, -0.25) is 9.59 Å². The fourth-order valence-corrected chi connectivity index (χ4v) is 4.26. The number of carbonyl (C=O) groups excluding carboxylic acids is 2. The number of carboxylic acids is 1. The van der Waals surface area contributed by atoms with Gasteiger partial charge in [-0.15, -0.1) is 0 Å². The van der Waals surface area contributed by atoms with E-state index in [2.05, 4.69) is 17.4 Å². The van der Waals surface area contributed by atoms with Crippen LogP contribution in [0.3, 0.4) is 0 Å². The summed E-state index contributed by atoms with van der Waals surface area (Å²) in [6.45, 7) is 11.2. The van der Waals surface area contributed by atoms with Crippen LogP contribution in [0, 0.1) is 17.3 Å². The molecule has 2 rings (SSSR count). The number of fused-ring (bicyclic) bond motifs is 1. The zero-order valence-corrected chi connectivity index (χ0v) is 20.4. The number of rotatable bonds is 7. The Morgan fingerprint density at radius 1 is 1.16 bits per heavy atom. The number of nitrogens with one attached hydrogen (secondary N) is 1. The highest BCUT2D eigenvalue weighted by atomic mass is 16.4. The lowest BCUT2D eigenvalue weighted by molar-refractivity contribution is -0.141. The minimum Gasteiger partial charge on any atom is -0.478 e. The highest BCUT2D eigenvalue weighted by molar-refractivity contribution is 5.90. The molecule has 0 unspecified atom stereocenters. The second-order valence-electron chi connectivity index (χ2n) is 10.4.